The van der Waals surface area contributed by atoms with E-state index in [9.17, 15) is 14.4 Å². The lowest BCUT2D eigenvalue weighted by Crippen LogP contribution is -2.61. The Hall–Kier alpha value is -2.90. The van der Waals surface area contributed by atoms with Crippen LogP contribution in [0.3, 0.4) is 0 Å². The molecule has 2 aliphatic heterocycles. The second-order valence-electron chi connectivity index (χ2n) is 6.56. The molecule has 1 atom stereocenters. The van der Waals surface area contributed by atoms with Crippen LogP contribution in [0.2, 0.25) is 0 Å². The first-order valence-corrected chi connectivity index (χ1v) is 8.30. The van der Waals surface area contributed by atoms with E-state index in [1.807, 2.05) is 12.1 Å². The fraction of sp³-hybridized carbons (Fsp3) is 0.412. The highest BCUT2D eigenvalue weighted by molar-refractivity contribution is 5.97. The average Bonchev–Trinajstić information content (AvgIpc) is 3.19. The number of carbonyl (C=O) groups is 3. The van der Waals surface area contributed by atoms with Gasteiger partial charge in [-0.2, -0.15) is 0 Å². The Morgan fingerprint density at radius 1 is 1.32 bits per heavy atom. The van der Waals surface area contributed by atoms with Crippen molar-refractivity contribution >= 4 is 28.8 Å². The summed E-state index contributed by atoms with van der Waals surface area (Å²) in [6.45, 7) is 1.43. The molecule has 0 bridgehead atoms. The van der Waals surface area contributed by atoms with Gasteiger partial charge in [0.1, 0.15) is 5.65 Å². The van der Waals surface area contributed by atoms with Gasteiger partial charge in [0.2, 0.25) is 11.8 Å². The third-order valence-corrected chi connectivity index (χ3v) is 5.01. The Morgan fingerprint density at radius 3 is 2.88 bits per heavy atom. The topological polar surface area (TPSA) is 98.4 Å². The molecule has 8 nitrogen and oxygen atoms in total. The number of likely N-dealkylation sites (tertiary alicyclic amines) is 2. The van der Waals surface area contributed by atoms with E-state index in [1.54, 1.807) is 29.2 Å². The third kappa shape index (κ3) is 2.63. The first-order valence-electron chi connectivity index (χ1n) is 8.30. The van der Waals surface area contributed by atoms with Crippen molar-refractivity contribution in [2.45, 2.75) is 12.5 Å². The molecule has 130 valence electrons. The molecule has 4 heterocycles. The van der Waals surface area contributed by atoms with Crippen molar-refractivity contribution < 1.29 is 14.4 Å². The molecule has 0 aromatic carbocycles. The summed E-state index contributed by atoms with van der Waals surface area (Å²) < 4.78 is 0. The normalized spacial score (nSPS) is 20.8. The first kappa shape index (κ1) is 15.6. The Balaban J connectivity index is 1.39. The van der Waals surface area contributed by atoms with Crippen LogP contribution in [0, 0.1) is 5.92 Å². The number of nitrogens with zero attached hydrogens (tertiary/aromatic N) is 3. The highest BCUT2D eigenvalue weighted by atomic mass is 16.2. The minimum absolute atomic E-state index is 0.00458. The Morgan fingerprint density at radius 2 is 2.12 bits per heavy atom. The zero-order valence-corrected chi connectivity index (χ0v) is 13.9. The zero-order chi connectivity index (χ0) is 17.6. The van der Waals surface area contributed by atoms with E-state index in [0.29, 0.717) is 25.2 Å². The summed E-state index contributed by atoms with van der Waals surface area (Å²) in [5.41, 5.74) is 1.29. The monoisotopic (exact) mass is 341 g/mol. The van der Waals surface area contributed by atoms with Crippen molar-refractivity contribution in [2.24, 2.45) is 5.92 Å². The van der Waals surface area contributed by atoms with Gasteiger partial charge in [-0.25, -0.2) is 4.98 Å². The summed E-state index contributed by atoms with van der Waals surface area (Å²) in [6, 6.07) is 3.69. The zero-order valence-electron chi connectivity index (χ0n) is 13.9. The second kappa shape index (κ2) is 5.87. The third-order valence-electron chi connectivity index (χ3n) is 5.01. The van der Waals surface area contributed by atoms with E-state index in [4.69, 9.17) is 0 Å². The quantitative estimate of drug-likeness (QED) is 0.820. The van der Waals surface area contributed by atoms with Crippen molar-refractivity contribution in [1.82, 2.24) is 25.1 Å². The van der Waals surface area contributed by atoms with Crippen molar-refractivity contribution in [3.8, 4) is 0 Å². The highest BCUT2D eigenvalue weighted by Gasteiger charge is 2.43. The van der Waals surface area contributed by atoms with Crippen LogP contribution in [0.25, 0.3) is 11.0 Å². The summed E-state index contributed by atoms with van der Waals surface area (Å²) in [5.74, 6) is -0.487. The average molecular weight is 341 g/mol. The number of hydrogen-bond acceptors (Lipinski definition) is 4. The van der Waals surface area contributed by atoms with Crippen molar-refractivity contribution in [1.29, 1.82) is 0 Å². The van der Waals surface area contributed by atoms with Crippen molar-refractivity contribution in [2.75, 3.05) is 26.7 Å². The van der Waals surface area contributed by atoms with Crippen molar-refractivity contribution in [3.05, 3.63) is 30.1 Å². The fourth-order valence-electron chi connectivity index (χ4n) is 3.52. The fourth-order valence-corrected chi connectivity index (χ4v) is 3.52. The van der Waals surface area contributed by atoms with Gasteiger partial charge in [-0.15, -0.1) is 0 Å². The molecule has 0 saturated carbocycles. The molecule has 0 radical (unpaired) electrons. The molecule has 2 aromatic heterocycles. The molecule has 4 rings (SSSR count). The van der Waals surface area contributed by atoms with Crippen LogP contribution in [-0.2, 0) is 9.59 Å². The molecular formula is C17H19N5O3. The van der Waals surface area contributed by atoms with Gasteiger partial charge in [0.25, 0.3) is 5.91 Å². The van der Waals surface area contributed by atoms with Crippen LogP contribution in [0.5, 0.6) is 0 Å². The Kier molecular flexibility index (Phi) is 3.67. The summed E-state index contributed by atoms with van der Waals surface area (Å²) in [7, 11) is 1.58. The number of fused-ring (bicyclic) bond motifs is 1. The molecule has 1 unspecified atom stereocenters. The number of H-pyrrole nitrogens is 1. The maximum absolute atomic E-state index is 12.6. The van der Waals surface area contributed by atoms with E-state index >= 15 is 0 Å². The minimum Gasteiger partial charge on any atom is -0.359 e. The molecule has 3 amide bonds. The lowest BCUT2D eigenvalue weighted by molar-refractivity contribution is -0.132. The lowest BCUT2D eigenvalue weighted by atomic mass is 10.1. The molecule has 2 aromatic rings. The van der Waals surface area contributed by atoms with Gasteiger partial charge in [-0.05, 0) is 12.1 Å². The van der Waals surface area contributed by atoms with Crippen LogP contribution in [0.15, 0.2) is 24.5 Å². The Bertz CT molecular complexity index is 855. The summed E-state index contributed by atoms with van der Waals surface area (Å²) in [5, 5.41) is 3.49. The van der Waals surface area contributed by atoms with Crippen LogP contribution in [-0.4, -0.2) is 70.2 Å². The summed E-state index contributed by atoms with van der Waals surface area (Å²) >= 11 is 0. The maximum Gasteiger partial charge on any atom is 0.255 e. The van der Waals surface area contributed by atoms with Gasteiger partial charge >= 0.3 is 0 Å². The number of pyridine rings is 1. The molecule has 2 N–H and O–H groups in total. The largest absolute Gasteiger partial charge is 0.359 e. The van der Waals surface area contributed by atoms with E-state index in [0.717, 1.165) is 11.0 Å². The van der Waals surface area contributed by atoms with E-state index in [1.165, 1.54) is 0 Å². The predicted molar refractivity (Wildman–Crippen MR) is 89.7 cm³/mol. The first-order chi connectivity index (χ1) is 12.1. The summed E-state index contributed by atoms with van der Waals surface area (Å²) in [6.07, 6.45) is 3.60. The molecule has 2 aliphatic rings. The number of nitrogens with one attached hydrogen (secondary N) is 2. The SMILES string of the molecule is CNC(=O)C1CC(=O)N(C2CN(C(=O)c3cnc4[nH]ccc4c3)C2)C1. The van der Waals surface area contributed by atoms with Crippen LogP contribution in [0.1, 0.15) is 16.8 Å². The second-order valence-corrected chi connectivity index (χ2v) is 6.56. The number of amides is 3. The predicted octanol–water partition coefficient (Wildman–Crippen LogP) is -0.0182. The van der Waals surface area contributed by atoms with E-state index in [2.05, 4.69) is 15.3 Å². The van der Waals surface area contributed by atoms with Crippen molar-refractivity contribution in [3.63, 3.8) is 0 Å². The molecule has 2 saturated heterocycles. The molecular weight excluding hydrogens is 322 g/mol. The summed E-state index contributed by atoms with van der Waals surface area (Å²) in [4.78, 5) is 47.1. The minimum atomic E-state index is -0.289. The molecule has 2 fully saturated rings. The van der Waals surface area contributed by atoms with Gasteiger partial charge < -0.3 is 20.1 Å². The molecule has 0 spiro atoms. The highest BCUT2D eigenvalue weighted by Crippen LogP contribution is 2.26. The number of carbonyl (C=O) groups excluding carboxylic acids is 3. The number of rotatable bonds is 3. The smallest absolute Gasteiger partial charge is 0.255 e. The lowest BCUT2D eigenvalue weighted by Gasteiger charge is -2.44. The standard InChI is InChI=1S/C17H19N5O3/c1-18-16(24)12-5-14(23)22(7-12)13-8-21(9-13)17(25)11-4-10-2-3-19-15(10)20-6-11/h2-4,6,12-13H,5,7-9H2,1H3,(H,18,24)(H,19,20). The van der Waals surface area contributed by atoms with Crippen LogP contribution in [0.4, 0.5) is 0 Å². The van der Waals surface area contributed by atoms with Gasteiger partial charge in [0.05, 0.1) is 17.5 Å². The van der Waals surface area contributed by atoms with Crippen LogP contribution < -0.4 is 5.32 Å². The number of aromatic amines is 1. The van der Waals surface area contributed by atoms with Crippen LogP contribution >= 0.6 is 0 Å². The maximum atomic E-state index is 12.6. The van der Waals surface area contributed by atoms with Gasteiger partial charge in [0, 0.05) is 50.9 Å². The van der Waals surface area contributed by atoms with Gasteiger partial charge in [0.15, 0.2) is 0 Å². The van der Waals surface area contributed by atoms with E-state index in [-0.39, 0.29) is 36.1 Å². The number of hydrogen-bond donors (Lipinski definition) is 2. The van der Waals surface area contributed by atoms with Gasteiger partial charge in [-0.1, -0.05) is 0 Å². The Labute approximate surface area is 144 Å². The molecule has 8 heteroatoms. The van der Waals surface area contributed by atoms with E-state index < -0.39 is 0 Å². The molecule has 0 aliphatic carbocycles. The molecule has 25 heavy (non-hydrogen) atoms. The van der Waals surface area contributed by atoms with Gasteiger partial charge in [-0.3, -0.25) is 14.4 Å². The number of aromatic nitrogens is 2.